The van der Waals surface area contributed by atoms with Crippen molar-refractivity contribution in [1.29, 1.82) is 0 Å². The first-order valence-corrected chi connectivity index (χ1v) is 10.2. The van der Waals surface area contributed by atoms with Crippen LogP contribution >= 0.6 is 39.1 Å². The molecule has 0 bridgehead atoms. The van der Waals surface area contributed by atoms with E-state index in [1.807, 2.05) is 32.9 Å². The summed E-state index contributed by atoms with van der Waals surface area (Å²) < 4.78 is 4.40. The number of halogens is 3. The van der Waals surface area contributed by atoms with Gasteiger partial charge in [-0.3, -0.25) is 14.2 Å². The first-order valence-electron chi connectivity index (χ1n) is 8.67. The molecule has 0 saturated heterocycles. The highest BCUT2D eigenvalue weighted by Crippen LogP contribution is 2.24. The van der Waals surface area contributed by atoms with Crippen LogP contribution in [0.3, 0.4) is 0 Å². The van der Waals surface area contributed by atoms with Crippen LogP contribution < -0.4 is 5.32 Å². The summed E-state index contributed by atoms with van der Waals surface area (Å²) in [6.07, 6.45) is 0. The van der Waals surface area contributed by atoms with Crippen LogP contribution in [0.25, 0.3) is 0 Å². The molecule has 3 rings (SSSR count). The molecule has 1 N–H and O–H groups in total. The quantitative estimate of drug-likeness (QED) is 0.532. The molecule has 0 saturated carbocycles. The Morgan fingerprint density at radius 2 is 1.93 bits per heavy atom. The molecule has 0 spiro atoms. The van der Waals surface area contributed by atoms with Gasteiger partial charge in [0.15, 0.2) is 5.82 Å². The number of aryl methyl sites for hydroxylation is 2. The lowest BCUT2D eigenvalue weighted by Gasteiger charge is -2.13. The van der Waals surface area contributed by atoms with Crippen LogP contribution in [0, 0.1) is 20.8 Å². The summed E-state index contributed by atoms with van der Waals surface area (Å²) in [6, 6.07) is 6.71. The summed E-state index contributed by atoms with van der Waals surface area (Å²) in [5.41, 5.74) is 3.55. The summed E-state index contributed by atoms with van der Waals surface area (Å²) in [4.78, 5) is 12.7. The fourth-order valence-electron chi connectivity index (χ4n) is 2.90. The zero-order chi connectivity index (χ0) is 20.6. The normalized spacial score (nSPS) is 12.2. The lowest BCUT2D eigenvalue weighted by molar-refractivity contribution is -0.119. The average Bonchev–Trinajstić information content (AvgIpc) is 3.10. The predicted octanol–water partition coefficient (Wildman–Crippen LogP) is 5.32. The molecule has 0 radical (unpaired) electrons. The number of anilines is 1. The maximum Gasteiger partial charge on any atom is 0.250 e. The molecule has 9 heteroatoms. The lowest BCUT2D eigenvalue weighted by atomic mass is 10.2. The predicted molar refractivity (Wildman–Crippen MR) is 115 cm³/mol. The van der Waals surface area contributed by atoms with Crippen molar-refractivity contribution < 1.29 is 4.79 Å². The molecule has 2 aromatic heterocycles. The Kier molecular flexibility index (Phi) is 6.17. The van der Waals surface area contributed by atoms with E-state index in [-0.39, 0.29) is 5.91 Å². The molecule has 1 amide bonds. The van der Waals surface area contributed by atoms with Crippen molar-refractivity contribution in [2.75, 3.05) is 5.32 Å². The monoisotopic (exact) mass is 483 g/mol. The second-order valence-corrected chi connectivity index (χ2v) is 8.30. The minimum atomic E-state index is -0.471. The van der Waals surface area contributed by atoms with E-state index in [1.165, 1.54) is 0 Å². The zero-order valence-corrected chi connectivity index (χ0v) is 19.0. The molecule has 148 valence electrons. The molecule has 0 aliphatic heterocycles. The van der Waals surface area contributed by atoms with E-state index in [0.29, 0.717) is 22.4 Å². The summed E-state index contributed by atoms with van der Waals surface area (Å²) >= 11 is 15.7. The Morgan fingerprint density at radius 3 is 2.54 bits per heavy atom. The number of rotatable bonds is 5. The van der Waals surface area contributed by atoms with E-state index >= 15 is 0 Å². The Labute approximate surface area is 182 Å². The molecule has 0 fully saturated rings. The molecule has 0 aliphatic rings. The zero-order valence-electron chi connectivity index (χ0n) is 15.9. The molecule has 1 aromatic carbocycles. The van der Waals surface area contributed by atoms with Crippen LogP contribution in [-0.2, 0) is 11.3 Å². The van der Waals surface area contributed by atoms with Gasteiger partial charge in [-0.25, -0.2) is 0 Å². The number of nitrogens with zero attached hydrogens (tertiary/aromatic N) is 4. The average molecular weight is 485 g/mol. The minimum absolute atomic E-state index is 0.188. The van der Waals surface area contributed by atoms with E-state index in [0.717, 1.165) is 27.1 Å². The highest BCUT2D eigenvalue weighted by molar-refractivity contribution is 9.10. The third-order valence-corrected chi connectivity index (χ3v) is 6.29. The molecule has 3 aromatic rings. The van der Waals surface area contributed by atoms with Crippen molar-refractivity contribution in [3.8, 4) is 0 Å². The first-order chi connectivity index (χ1) is 13.2. The fraction of sp³-hybridized carbons (Fsp3) is 0.316. The summed E-state index contributed by atoms with van der Waals surface area (Å²) in [6.45, 7) is 8.03. The van der Waals surface area contributed by atoms with Gasteiger partial charge in [-0.1, -0.05) is 29.3 Å². The highest BCUT2D eigenvalue weighted by Gasteiger charge is 2.21. The van der Waals surface area contributed by atoms with E-state index in [1.54, 1.807) is 28.4 Å². The highest BCUT2D eigenvalue weighted by atomic mass is 79.9. The Balaban J connectivity index is 1.75. The van der Waals surface area contributed by atoms with E-state index in [4.69, 9.17) is 23.2 Å². The van der Waals surface area contributed by atoms with Gasteiger partial charge in [0.25, 0.3) is 0 Å². The van der Waals surface area contributed by atoms with Crippen LogP contribution in [0.15, 0.2) is 28.7 Å². The third kappa shape index (κ3) is 4.26. The van der Waals surface area contributed by atoms with Gasteiger partial charge in [-0.05, 0) is 61.3 Å². The van der Waals surface area contributed by atoms with E-state index in [2.05, 4.69) is 31.4 Å². The van der Waals surface area contributed by atoms with Crippen LogP contribution in [0.2, 0.25) is 10.0 Å². The summed E-state index contributed by atoms with van der Waals surface area (Å²) in [5, 5.41) is 12.9. The number of amides is 1. The van der Waals surface area contributed by atoms with Gasteiger partial charge in [0.2, 0.25) is 5.91 Å². The van der Waals surface area contributed by atoms with Crippen molar-refractivity contribution in [1.82, 2.24) is 19.6 Å². The number of benzene rings is 1. The second kappa shape index (κ2) is 8.27. The smallest absolute Gasteiger partial charge is 0.250 e. The largest absolute Gasteiger partial charge is 0.307 e. The summed E-state index contributed by atoms with van der Waals surface area (Å²) in [5.74, 6) is 0.298. The van der Waals surface area contributed by atoms with E-state index < -0.39 is 6.04 Å². The fourth-order valence-corrected chi connectivity index (χ4v) is 3.63. The Morgan fingerprint density at radius 1 is 1.21 bits per heavy atom. The number of nitrogens with one attached hydrogen (secondary N) is 1. The molecule has 1 atom stereocenters. The number of hydrogen-bond donors (Lipinski definition) is 1. The number of carbonyl (C=O) groups excluding carboxylic acids is 1. The van der Waals surface area contributed by atoms with Crippen molar-refractivity contribution in [2.45, 2.75) is 40.3 Å². The number of hydrogen-bond acceptors (Lipinski definition) is 3. The van der Waals surface area contributed by atoms with Gasteiger partial charge in [0.1, 0.15) is 6.04 Å². The molecule has 0 aliphatic carbocycles. The van der Waals surface area contributed by atoms with Crippen molar-refractivity contribution in [2.24, 2.45) is 0 Å². The second-order valence-electron chi connectivity index (χ2n) is 6.66. The van der Waals surface area contributed by atoms with Gasteiger partial charge in [-0.15, -0.1) is 0 Å². The molecule has 1 unspecified atom stereocenters. The van der Waals surface area contributed by atoms with Gasteiger partial charge in [0, 0.05) is 21.8 Å². The van der Waals surface area contributed by atoms with Crippen molar-refractivity contribution >= 4 is 50.9 Å². The SMILES string of the molecule is Cc1nn(C(C)C(=O)Nc2cc(C)n(Cc3ccc(Cl)cc3Cl)n2)c(C)c1Br. The van der Waals surface area contributed by atoms with Crippen LogP contribution in [0.1, 0.15) is 35.6 Å². The van der Waals surface area contributed by atoms with Gasteiger partial charge < -0.3 is 5.32 Å². The molecular formula is C19H20BrCl2N5O. The van der Waals surface area contributed by atoms with Crippen molar-refractivity contribution in [3.63, 3.8) is 0 Å². The van der Waals surface area contributed by atoms with Crippen LogP contribution in [0.4, 0.5) is 5.82 Å². The topological polar surface area (TPSA) is 64.7 Å². The summed E-state index contributed by atoms with van der Waals surface area (Å²) in [7, 11) is 0. The molecule has 2 heterocycles. The standard InChI is InChI=1S/C19H20BrCl2N5O/c1-10-7-17(25-26(10)9-14-5-6-15(21)8-16(14)22)23-19(28)13(4)27-12(3)18(20)11(2)24-27/h5-8,13H,9H2,1-4H3,(H,23,25,28). The lowest BCUT2D eigenvalue weighted by Crippen LogP contribution is -2.25. The van der Waals surface area contributed by atoms with Crippen molar-refractivity contribution in [3.05, 3.63) is 61.4 Å². The minimum Gasteiger partial charge on any atom is -0.307 e. The Hall–Kier alpha value is -1.83. The molecule has 28 heavy (non-hydrogen) atoms. The van der Waals surface area contributed by atoms with Gasteiger partial charge in [0.05, 0.1) is 22.4 Å². The van der Waals surface area contributed by atoms with Crippen LogP contribution in [-0.4, -0.2) is 25.5 Å². The maximum absolute atomic E-state index is 12.7. The van der Waals surface area contributed by atoms with Gasteiger partial charge >= 0.3 is 0 Å². The van der Waals surface area contributed by atoms with E-state index in [9.17, 15) is 4.79 Å². The number of aromatic nitrogens is 4. The number of carbonyl (C=O) groups is 1. The molecular weight excluding hydrogens is 465 g/mol. The first kappa shape index (κ1) is 20.9. The van der Waals surface area contributed by atoms with Crippen LogP contribution in [0.5, 0.6) is 0 Å². The third-order valence-electron chi connectivity index (χ3n) is 4.55. The Bertz CT molecular complexity index is 1040. The van der Waals surface area contributed by atoms with Gasteiger partial charge in [-0.2, -0.15) is 10.2 Å². The molecule has 6 nitrogen and oxygen atoms in total. The maximum atomic E-state index is 12.7.